The molecule has 4 rings (SSSR count). The molecular formula is C23H18N2O2. The maximum absolute atomic E-state index is 13.0. The number of hydrogen-bond donors (Lipinski definition) is 0. The molecule has 4 aromatic rings. The first-order chi connectivity index (χ1) is 13.3. The van der Waals surface area contributed by atoms with Crippen molar-refractivity contribution in [3.05, 3.63) is 109 Å². The van der Waals surface area contributed by atoms with Crippen LogP contribution in [0, 0.1) is 0 Å². The molecule has 132 valence electrons. The lowest BCUT2D eigenvalue weighted by Gasteiger charge is -2.22. The van der Waals surface area contributed by atoms with Crippen LogP contribution in [0.4, 0.5) is 5.69 Å². The molecule has 2 heterocycles. The van der Waals surface area contributed by atoms with Gasteiger partial charge in [0.15, 0.2) is 5.76 Å². The van der Waals surface area contributed by atoms with E-state index in [0.29, 0.717) is 12.3 Å². The second-order valence-electron chi connectivity index (χ2n) is 6.14. The van der Waals surface area contributed by atoms with E-state index in [0.717, 1.165) is 22.4 Å². The van der Waals surface area contributed by atoms with Crippen molar-refractivity contribution in [1.82, 2.24) is 4.98 Å². The van der Waals surface area contributed by atoms with Crippen molar-refractivity contribution < 1.29 is 9.21 Å². The zero-order valence-electron chi connectivity index (χ0n) is 14.7. The number of furan rings is 1. The molecule has 4 nitrogen and oxygen atoms in total. The fourth-order valence-corrected chi connectivity index (χ4v) is 2.95. The Bertz CT molecular complexity index is 995. The molecule has 0 saturated heterocycles. The number of benzene rings is 2. The Morgan fingerprint density at radius 2 is 1.63 bits per heavy atom. The van der Waals surface area contributed by atoms with Gasteiger partial charge in [0.1, 0.15) is 0 Å². The smallest absolute Gasteiger partial charge is 0.294 e. The highest BCUT2D eigenvalue weighted by molar-refractivity contribution is 6.04. The molecule has 0 saturated carbocycles. The van der Waals surface area contributed by atoms with Crippen LogP contribution in [0.15, 0.2) is 102 Å². The predicted molar refractivity (Wildman–Crippen MR) is 105 cm³/mol. The summed E-state index contributed by atoms with van der Waals surface area (Å²) in [6, 6.07) is 25.3. The molecule has 0 atom stereocenters. The predicted octanol–water partition coefficient (Wildman–Crippen LogP) is 5.19. The van der Waals surface area contributed by atoms with Crippen LogP contribution in [0.5, 0.6) is 0 Å². The van der Waals surface area contributed by atoms with E-state index in [9.17, 15) is 4.79 Å². The van der Waals surface area contributed by atoms with Crippen molar-refractivity contribution in [2.24, 2.45) is 0 Å². The summed E-state index contributed by atoms with van der Waals surface area (Å²) in [5.41, 5.74) is 4.00. The molecule has 0 radical (unpaired) electrons. The monoisotopic (exact) mass is 354 g/mol. The second kappa shape index (κ2) is 7.70. The van der Waals surface area contributed by atoms with Crippen LogP contribution >= 0.6 is 0 Å². The quantitative estimate of drug-likeness (QED) is 0.495. The Kier molecular flexibility index (Phi) is 4.79. The summed E-state index contributed by atoms with van der Waals surface area (Å²) >= 11 is 0. The van der Waals surface area contributed by atoms with E-state index in [-0.39, 0.29) is 5.91 Å². The molecule has 0 bridgehead atoms. The molecule has 4 heteroatoms. The average molecular weight is 354 g/mol. The van der Waals surface area contributed by atoms with Crippen molar-refractivity contribution in [3.63, 3.8) is 0 Å². The SMILES string of the molecule is O=C(c1ccco1)N(Cc1cccnc1)c1ccc(-c2ccccc2)cc1. The first-order valence-corrected chi connectivity index (χ1v) is 8.71. The Morgan fingerprint density at radius 3 is 2.30 bits per heavy atom. The largest absolute Gasteiger partial charge is 0.459 e. The second-order valence-corrected chi connectivity index (χ2v) is 6.14. The lowest BCUT2D eigenvalue weighted by Crippen LogP contribution is -2.30. The maximum atomic E-state index is 13.0. The van der Waals surface area contributed by atoms with Crippen LogP contribution in [0.3, 0.4) is 0 Å². The Balaban J connectivity index is 1.66. The topological polar surface area (TPSA) is 46.3 Å². The van der Waals surface area contributed by atoms with Crippen LogP contribution in [0.25, 0.3) is 11.1 Å². The van der Waals surface area contributed by atoms with Crippen molar-refractivity contribution in [2.75, 3.05) is 4.90 Å². The highest BCUT2D eigenvalue weighted by atomic mass is 16.3. The molecule has 0 unspecified atom stereocenters. The average Bonchev–Trinajstić information content (AvgIpc) is 3.28. The third-order valence-electron chi connectivity index (χ3n) is 4.33. The van der Waals surface area contributed by atoms with E-state index in [1.807, 2.05) is 54.6 Å². The van der Waals surface area contributed by atoms with Gasteiger partial charge in [-0.25, -0.2) is 0 Å². The zero-order chi connectivity index (χ0) is 18.5. The van der Waals surface area contributed by atoms with E-state index < -0.39 is 0 Å². The van der Waals surface area contributed by atoms with Gasteiger partial charge in [0, 0.05) is 18.1 Å². The number of nitrogens with zero attached hydrogens (tertiary/aromatic N) is 2. The summed E-state index contributed by atoms with van der Waals surface area (Å²) in [7, 11) is 0. The van der Waals surface area contributed by atoms with E-state index in [4.69, 9.17) is 4.42 Å². The van der Waals surface area contributed by atoms with Crippen LogP contribution in [0.1, 0.15) is 16.1 Å². The normalized spacial score (nSPS) is 10.5. The van der Waals surface area contributed by atoms with E-state index in [2.05, 4.69) is 17.1 Å². The van der Waals surface area contributed by atoms with Gasteiger partial charge in [0.25, 0.3) is 5.91 Å². The first-order valence-electron chi connectivity index (χ1n) is 8.71. The summed E-state index contributed by atoms with van der Waals surface area (Å²) in [5.74, 6) is 0.127. The summed E-state index contributed by atoms with van der Waals surface area (Å²) in [4.78, 5) is 18.8. The van der Waals surface area contributed by atoms with Crippen molar-refractivity contribution in [1.29, 1.82) is 0 Å². The molecule has 27 heavy (non-hydrogen) atoms. The minimum atomic E-state index is -0.184. The number of aromatic nitrogens is 1. The standard InChI is InChI=1S/C23H18N2O2/c26-23(22-9-5-15-27-22)25(17-18-6-4-14-24-16-18)21-12-10-20(11-13-21)19-7-2-1-3-8-19/h1-16H,17H2. The van der Waals surface area contributed by atoms with Crippen LogP contribution in [-0.2, 0) is 6.54 Å². The molecule has 0 N–H and O–H groups in total. The van der Waals surface area contributed by atoms with Crippen molar-refractivity contribution in [2.45, 2.75) is 6.54 Å². The minimum absolute atomic E-state index is 0.184. The fraction of sp³-hybridized carbons (Fsp3) is 0.0435. The van der Waals surface area contributed by atoms with Gasteiger partial charge >= 0.3 is 0 Å². The van der Waals surface area contributed by atoms with Crippen LogP contribution in [-0.4, -0.2) is 10.9 Å². The number of hydrogen-bond acceptors (Lipinski definition) is 3. The van der Waals surface area contributed by atoms with Crippen LogP contribution < -0.4 is 4.90 Å². The van der Waals surface area contributed by atoms with Crippen molar-refractivity contribution >= 4 is 11.6 Å². The summed E-state index contributed by atoms with van der Waals surface area (Å²) in [5, 5.41) is 0. The van der Waals surface area contributed by atoms with Crippen molar-refractivity contribution in [3.8, 4) is 11.1 Å². The lowest BCUT2D eigenvalue weighted by molar-refractivity contribution is 0.0958. The number of rotatable bonds is 5. The Hall–Kier alpha value is -3.66. The fourth-order valence-electron chi connectivity index (χ4n) is 2.95. The molecule has 0 aliphatic heterocycles. The van der Waals surface area contributed by atoms with Gasteiger partial charge in [-0.05, 0) is 47.0 Å². The van der Waals surface area contributed by atoms with Gasteiger partial charge in [-0.2, -0.15) is 0 Å². The Morgan fingerprint density at radius 1 is 0.852 bits per heavy atom. The lowest BCUT2D eigenvalue weighted by atomic mass is 10.1. The van der Waals surface area contributed by atoms with Gasteiger partial charge in [-0.3, -0.25) is 9.78 Å². The van der Waals surface area contributed by atoms with E-state index in [1.54, 1.807) is 29.4 Å². The van der Waals surface area contributed by atoms with Gasteiger partial charge in [0.2, 0.25) is 0 Å². The third-order valence-corrected chi connectivity index (χ3v) is 4.33. The molecule has 0 aliphatic rings. The zero-order valence-corrected chi connectivity index (χ0v) is 14.7. The van der Waals surface area contributed by atoms with Gasteiger partial charge in [0.05, 0.1) is 12.8 Å². The van der Waals surface area contributed by atoms with Crippen LogP contribution in [0.2, 0.25) is 0 Å². The molecule has 0 spiro atoms. The summed E-state index contributed by atoms with van der Waals surface area (Å²) in [6.07, 6.45) is 4.99. The Labute approximate surface area is 157 Å². The van der Waals surface area contributed by atoms with E-state index in [1.165, 1.54) is 6.26 Å². The molecule has 0 aliphatic carbocycles. The first kappa shape index (κ1) is 16.8. The minimum Gasteiger partial charge on any atom is -0.459 e. The molecule has 2 aromatic carbocycles. The number of anilines is 1. The third kappa shape index (κ3) is 3.80. The maximum Gasteiger partial charge on any atom is 0.294 e. The number of amides is 1. The van der Waals surface area contributed by atoms with E-state index >= 15 is 0 Å². The number of carbonyl (C=O) groups excluding carboxylic acids is 1. The molecule has 0 fully saturated rings. The van der Waals surface area contributed by atoms with Gasteiger partial charge in [-0.15, -0.1) is 0 Å². The highest BCUT2D eigenvalue weighted by Crippen LogP contribution is 2.25. The molecule has 2 aromatic heterocycles. The summed E-state index contributed by atoms with van der Waals surface area (Å²) in [6.45, 7) is 0.415. The van der Waals surface area contributed by atoms with Gasteiger partial charge in [-0.1, -0.05) is 48.5 Å². The molecule has 1 amide bonds. The number of pyridine rings is 1. The van der Waals surface area contributed by atoms with Gasteiger partial charge < -0.3 is 9.32 Å². The summed E-state index contributed by atoms with van der Waals surface area (Å²) < 4.78 is 5.32. The highest BCUT2D eigenvalue weighted by Gasteiger charge is 2.20. The molecular weight excluding hydrogens is 336 g/mol. The number of carbonyl (C=O) groups is 1.